The Balaban J connectivity index is 1.82. The molecule has 0 aliphatic heterocycles. The molecule has 2 atom stereocenters. The first kappa shape index (κ1) is 28.3. The zero-order valence-corrected chi connectivity index (χ0v) is 22.1. The maximum atomic E-state index is 13.6. The van der Waals surface area contributed by atoms with Crippen LogP contribution in [0.3, 0.4) is 0 Å². The summed E-state index contributed by atoms with van der Waals surface area (Å²) >= 11 is 0. The predicted octanol–water partition coefficient (Wildman–Crippen LogP) is 3.58. The maximum Gasteiger partial charge on any atom is 0.404 e. The fourth-order valence-electron chi connectivity index (χ4n) is 3.94. The molecule has 3 N–H and O–H groups in total. The lowest BCUT2D eigenvalue weighted by Crippen LogP contribution is -2.50. The Labute approximate surface area is 217 Å². The van der Waals surface area contributed by atoms with Gasteiger partial charge in [-0.05, 0) is 48.6 Å². The van der Waals surface area contributed by atoms with E-state index in [0.717, 1.165) is 12.0 Å². The summed E-state index contributed by atoms with van der Waals surface area (Å²) in [6.45, 7) is 5.63. The second kappa shape index (κ2) is 12.8. The Hall–Kier alpha value is -3.28. The van der Waals surface area contributed by atoms with Crippen LogP contribution in [0.2, 0.25) is 0 Å². The number of nitrogens with one attached hydrogen (secondary N) is 1. The first-order valence-corrected chi connectivity index (χ1v) is 13.7. The molecule has 0 unspecified atom stereocenters. The number of hydrogen-bond donors (Lipinski definition) is 3. The first-order valence-electron chi connectivity index (χ1n) is 12.2. The van der Waals surface area contributed by atoms with Gasteiger partial charge in [-0.15, -0.1) is 0 Å². The molecule has 2 aromatic carbocycles. The average Bonchev–Trinajstić information content (AvgIpc) is 3.32. The van der Waals surface area contributed by atoms with Crippen LogP contribution in [-0.2, 0) is 22.9 Å². The maximum absolute atomic E-state index is 13.6. The largest absolute Gasteiger partial charge is 0.465 e. The summed E-state index contributed by atoms with van der Waals surface area (Å²) in [7, 11) is -3.99. The molecule has 1 heterocycles. The summed E-state index contributed by atoms with van der Waals surface area (Å²) in [6.07, 6.45) is -0.834. The van der Waals surface area contributed by atoms with Gasteiger partial charge >= 0.3 is 6.09 Å². The summed E-state index contributed by atoms with van der Waals surface area (Å²) in [5.74, 6) is 0.870. The highest BCUT2D eigenvalue weighted by Crippen LogP contribution is 2.23. The fourth-order valence-corrected chi connectivity index (χ4v) is 5.56. The van der Waals surface area contributed by atoms with Gasteiger partial charge in [-0.3, -0.25) is 0 Å². The number of benzene rings is 2. The smallest absolute Gasteiger partial charge is 0.404 e. The Bertz CT molecular complexity index is 1250. The van der Waals surface area contributed by atoms with Crippen LogP contribution in [0.4, 0.5) is 4.79 Å². The number of sulfonamides is 1. The second-order valence-electron chi connectivity index (χ2n) is 9.32. The molecule has 3 rings (SSSR count). The molecule has 0 aliphatic rings. The lowest BCUT2D eigenvalue weighted by Gasteiger charge is -2.30. The van der Waals surface area contributed by atoms with E-state index >= 15 is 0 Å². The molecule has 0 fully saturated rings. The molecule has 0 spiro atoms. The number of hydrogen-bond acceptors (Lipinski definition) is 7. The number of aryl methyl sites for hydroxylation is 1. The van der Waals surface area contributed by atoms with Gasteiger partial charge in [0.1, 0.15) is 0 Å². The van der Waals surface area contributed by atoms with Gasteiger partial charge in [-0.1, -0.05) is 56.3 Å². The van der Waals surface area contributed by atoms with Crippen LogP contribution in [0, 0.1) is 5.92 Å². The van der Waals surface area contributed by atoms with E-state index in [0.29, 0.717) is 23.7 Å². The molecule has 1 aromatic heterocycles. The standard InChI is InChI=1S/C26H34N4O6S/c1-4-8-24-28-25(29-36-24)20-11-13-21(14-12-20)37(34,35)30(16-18(2)3)17-23(31)22(27-26(32)33)15-19-9-6-5-7-10-19/h5-7,9-14,18,22-23,27,31H,4,8,15-17H2,1-3H3,(H,32,33)/t22-,23-/m0/s1. The molecular formula is C26H34N4O6S. The van der Waals surface area contributed by atoms with Crippen molar-refractivity contribution in [1.29, 1.82) is 0 Å². The van der Waals surface area contributed by atoms with Crippen LogP contribution < -0.4 is 5.32 Å². The molecule has 0 saturated carbocycles. The van der Waals surface area contributed by atoms with E-state index in [1.54, 1.807) is 12.1 Å². The van der Waals surface area contributed by atoms with Crippen molar-refractivity contribution >= 4 is 16.1 Å². The molecule has 0 radical (unpaired) electrons. The van der Waals surface area contributed by atoms with Crippen LogP contribution in [0.5, 0.6) is 0 Å². The van der Waals surface area contributed by atoms with Crippen molar-refractivity contribution in [3.8, 4) is 11.4 Å². The van der Waals surface area contributed by atoms with Gasteiger partial charge in [0, 0.05) is 25.1 Å². The molecule has 1 amide bonds. The molecule has 11 heteroatoms. The topological polar surface area (TPSA) is 146 Å². The van der Waals surface area contributed by atoms with Crippen molar-refractivity contribution in [2.75, 3.05) is 13.1 Å². The SMILES string of the molecule is CCCc1nc(-c2ccc(S(=O)(=O)N(CC(C)C)C[C@H](O)[C@H](Cc3ccccc3)NC(=O)O)cc2)no1. The van der Waals surface area contributed by atoms with E-state index < -0.39 is 28.3 Å². The summed E-state index contributed by atoms with van der Waals surface area (Å²) in [4.78, 5) is 15.8. The van der Waals surface area contributed by atoms with Gasteiger partial charge in [-0.2, -0.15) is 9.29 Å². The number of nitrogens with zero attached hydrogens (tertiary/aromatic N) is 3. The third-order valence-corrected chi connectivity index (χ3v) is 7.56. The van der Waals surface area contributed by atoms with Crippen LogP contribution in [-0.4, -0.2) is 64.4 Å². The number of rotatable bonds is 13. The van der Waals surface area contributed by atoms with Crippen molar-refractivity contribution < 1.29 is 27.9 Å². The minimum absolute atomic E-state index is 0.0300. The zero-order valence-electron chi connectivity index (χ0n) is 21.2. The predicted molar refractivity (Wildman–Crippen MR) is 138 cm³/mol. The molecule has 37 heavy (non-hydrogen) atoms. The normalized spacial score (nSPS) is 13.6. The van der Waals surface area contributed by atoms with Gasteiger partial charge in [0.25, 0.3) is 0 Å². The highest BCUT2D eigenvalue weighted by atomic mass is 32.2. The van der Waals surface area contributed by atoms with E-state index in [1.165, 1.54) is 16.4 Å². The van der Waals surface area contributed by atoms with Crippen LogP contribution in [0.25, 0.3) is 11.4 Å². The lowest BCUT2D eigenvalue weighted by atomic mass is 10.0. The Kier molecular flexibility index (Phi) is 9.79. The van der Waals surface area contributed by atoms with Crippen LogP contribution in [0.1, 0.15) is 38.6 Å². The Morgan fingerprint density at radius 2 is 1.76 bits per heavy atom. The van der Waals surface area contributed by atoms with Crippen LogP contribution >= 0.6 is 0 Å². The summed E-state index contributed by atoms with van der Waals surface area (Å²) in [6, 6.07) is 14.4. The monoisotopic (exact) mass is 530 g/mol. The molecule has 200 valence electrons. The third kappa shape index (κ3) is 7.85. The number of aliphatic hydroxyl groups excluding tert-OH is 1. The fraction of sp³-hybridized carbons (Fsp3) is 0.423. The molecule has 10 nitrogen and oxygen atoms in total. The lowest BCUT2D eigenvalue weighted by molar-refractivity contribution is 0.0980. The second-order valence-corrected chi connectivity index (χ2v) is 11.3. The Morgan fingerprint density at radius 3 is 2.35 bits per heavy atom. The van der Waals surface area contributed by atoms with Gasteiger partial charge in [0.15, 0.2) is 0 Å². The number of aliphatic hydroxyl groups is 1. The quantitative estimate of drug-likeness (QED) is 0.304. The van der Waals surface area contributed by atoms with Crippen LogP contribution in [0.15, 0.2) is 64.0 Å². The Morgan fingerprint density at radius 1 is 1.08 bits per heavy atom. The van der Waals surface area contributed by atoms with Gasteiger partial charge in [0.2, 0.25) is 21.7 Å². The number of carbonyl (C=O) groups is 1. The van der Waals surface area contributed by atoms with Crippen molar-refractivity contribution in [3.63, 3.8) is 0 Å². The van der Waals surface area contributed by atoms with Crippen molar-refractivity contribution in [2.24, 2.45) is 5.92 Å². The number of aromatic nitrogens is 2. The first-order chi connectivity index (χ1) is 17.6. The summed E-state index contributed by atoms with van der Waals surface area (Å²) < 4.78 is 33.6. The number of amides is 1. The van der Waals surface area contributed by atoms with Gasteiger partial charge in [0.05, 0.1) is 17.0 Å². The van der Waals surface area contributed by atoms with E-state index in [4.69, 9.17) is 4.52 Å². The summed E-state index contributed by atoms with van der Waals surface area (Å²) in [5, 5.41) is 26.6. The summed E-state index contributed by atoms with van der Waals surface area (Å²) in [5.41, 5.74) is 1.44. The molecule has 3 aromatic rings. The molecule has 0 aliphatic carbocycles. The minimum atomic E-state index is -3.99. The third-order valence-electron chi connectivity index (χ3n) is 5.71. The van der Waals surface area contributed by atoms with Gasteiger partial charge in [-0.25, -0.2) is 13.2 Å². The highest BCUT2D eigenvalue weighted by Gasteiger charge is 2.31. The van der Waals surface area contributed by atoms with Crippen molar-refractivity contribution in [2.45, 2.75) is 57.1 Å². The molecule has 0 bridgehead atoms. The number of carboxylic acid groups (broad SMARTS) is 1. The molecular weight excluding hydrogens is 496 g/mol. The zero-order chi connectivity index (χ0) is 27.0. The minimum Gasteiger partial charge on any atom is -0.465 e. The van der Waals surface area contributed by atoms with Crippen molar-refractivity contribution in [1.82, 2.24) is 19.8 Å². The average molecular weight is 531 g/mol. The van der Waals surface area contributed by atoms with E-state index in [1.807, 2.05) is 51.1 Å². The highest BCUT2D eigenvalue weighted by molar-refractivity contribution is 7.89. The van der Waals surface area contributed by atoms with E-state index in [9.17, 15) is 23.4 Å². The van der Waals surface area contributed by atoms with E-state index in [-0.39, 0.29) is 30.3 Å². The van der Waals surface area contributed by atoms with Crippen molar-refractivity contribution in [3.05, 3.63) is 66.1 Å². The van der Waals surface area contributed by atoms with E-state index in [2.05, 4.69) is 15.5 Å². The molecule has 0 saturated heterocycles. The van der Waals surface area contributed by atoms with Gasteiger partial charge < -0.3 is 20.1 Å².